The lowest BCUT2D eigenvalue weighted by Gasteiger charge is -2.14. The van der Waals surface area contributed by atoms with Gasteiger partial charge in [0.15, 0.2) is 11.5 Å². The van der Waals surface area contributed by atoms with Crippen LogP contribution in [-0.2, 0) is 12.8 Å². The van der Waals surface area contributed by atoms with E-state index < -0.39 is 5.97 Å². The third-order valence-corrected chi connectivity index (χ3v) is 5.74. The van der Waals surface area contributed by atoms with Crippen LogP contribution < -0.4 is 14.2 Å². The Morgan fingerprint density at radius 3 is 2.24 bits per heavy atom. The van der Waals surface area contributed by atoms with Crippen LogP contribution >= 0.6 is 0 Å². The van der Waals surface area contributed by atoms with E-state index in [1.165, 1.54) is 11.6 Å². The van der Waals surface area contributed by atoms with E-state index in [2.05, 4.69) is 18.2 Å². The van der Waals surface area contributed by atoms with Crippen molar-refractivity contribution in [3.05, 3.63) is 59.2 Å². The fourth-order valence-corrected chi connectivity index (χ4v) is 3.99. The normalized spacial score (nSPS) is 10.9. The van der Waals surface area contributed by atoms with Crippen molar-refractivity contribution in [1.82, 2.24) is 0 Å². The lowest BCUT2D eigenvalue weighted by Crippen LogP contribution is -2.04. The van der Waals surface area contributed by atoms with E-state index in [-0.39, 0.29) is 11.3 Å². The molecule has 0 amide bonds. The molecule has 0 aliphatic rings. The molecule has 3 rings (SSSR count). The van der Waals surface area contributed by atoms with Crippen LogP contribution in [0.15, 0.2) is 42.5 Å². The molecule has 0 spiro atoms. The molecule has 0 bridgehead atoms. The molecule has 3 aromatic carbocycles. The van der Waals surface area contributed by atoms with Crippen molar-refractivity contribution in [3.8, 4) is 23.0 Å². The van der Waals surface area contributed by atoms with Gasteiger partial charge in [-0.1, -0.05) is 31.5 Å². The van der Waals surface area contributed by atoms with Crippen molar-refractivity contribution in [1.29, 1.82) is 0 Å². The maximum Gasteiger partial charge on any atom is 0.339 e. The van der Waals surface area contributed by atoms with Crippen LogP contribution in [0, 0.1) is 0 Å². The van der Waals surface area contributed by atoms with E-state index >= 15 is 0 Å². The van der Waals surface area contributed by atoms with Gasteiger partial charge in [-0.15, -0.1) is 0 Å². The molecule has 0 aliphatic carbocycles. The zero-order valence-electron chi connectivity index (χ0n) is 19.5. The Labute approximate surface area is 194 Å². The van der Waals surface area contributed by atoms with E-state index in [1.807, 2.05) is 19.1 Å². The molecule has 0 atom stereocenters. The number of unbranched alkanes of at least 4 members (excludes halogenated alkanes) is 2. The molecule has 0 saturated heterocycles. The van der Waals surface area contributed by atoms with Gasteiger partial charge in [0.1, 0.15) is 17.1 Å². The van der Waals surface area contributed by atoms with Crippen molar-refractivity contribution >= 4 is 16.7 Å². The molecule has 0 saturated carbocycles. The first-order valence-corrected chi connectivity index (χ1v) is 11.3. The maximum absolute atomic E-state index is 11.3. The maximum atomic E-state index is 11.3. The van der Waals surface area contributed by atoms with Gasteiger partial charge in [0, 0.05) is 5.56 Å². The number of carboxylic acid groups (broad SMARTS) is 1. The van der Waals surface area contributed by atoms with Gasteiger partial charge in [0.25, 0.3) is 0 Å². The van der Waals surface area contributed by atoms with Crippen LogP contribution in [0.5, 0.6) is 23.0 Å². The van der Waals surface area contributed by atoms with Crippen LogP contribution in [-0.4, -0.2) is 37.0 Å². The summed E-state index contributed by atoms with van der Waals surface area (Å²) in [4.78, 5) is 11.3. The van der Waals surface area contributed by atoms with Crippen LogP contribution in [0.3, 0.4) is 0 Å². The molecular formula is C27H32O6. The van der Waals surface area contributed by atoms with Crippen LogP contribution in [0.1, 0.15) is 54.1 Å². The van der Waals surface area contributed by atoms with Crippen molar-refractivity contribution in [2.24, 2.45) is 0 Å². The monoisotopic (exact) mass is 452 g/mol. The molecule has 0 heterocycles. The number of carboxylic acids is 1. The van der Waals surface area contributed by atoms with Crippen molar-refractivity contribution in [2.45, 2.75) is 45.4 Å². The summed E-state index contributed by atoms with van der Waals surface area (Å²) >= 11 is 0. The smallest absolute Gasteiger partial charge is 0.339 e. The lowest BCUT2D eigenvalue weighted by molar-refractivity contribution is 0.0693. The van der Waals surface area contributed by atoms with Gasteiger partial charge in [0.2, 0.25) is 0 Å². The van der Waals surface area contributed by atoms with E-state index in [0.29, 0.717) is 24.3 Å². The number of carbonyl (C=O) groups is 1. The molecule has 0 fully saturated rings. The molecule has 6 heteroatoms. The predicted octanol–water partition coefficient (Wildman–Crippen LogP) is 6.01. The van der Waals surface area contributed by atoms with Gasteiger partial charge >= 0.3 is 5.97 Å². The Morgan fingerprint density at radius 1 is 0.848 bits per heavy atom. The van der Waals surface area contributed by atoms with Crippen molar-refractivity contribution in [3.63, 3.8) is 0 Å². The Kier molecular flexibility index (Phi) is 8.41. The van der Waals surface area contributed by atoms with Crippen molar-refractivity contribution in [2.75, 3.05) is 20.8 Å². The van der Waals surface area contributed by atoms with Gasteiger partial charge in [-0.25, -0.2) is 4.79 Å². The highest BCUT2D eigenvalue weighted by atomic mass is 16.5. The molecule has 176 valence electrons. The average Bonchev–Trinajstić information content (AvgIpc) is 2.81. The number of aromatic hydroxyl groups is 1. The third-order valence-electron chi connectivity index (χ3n) is 5.74. The highest BCUT2D eigenvalue weighted by molar-refractivity contribution is 5.91. The molecule has 0 radical (unpaired) electrons. The summed E-state index contributed by atoms with van der Waals surface area (Å²) in [7, 11) is 3.28. The number of fused-ring (bicyclic) bond motifs is 1. The minimum Gasteiger partial charge on any atom is -0.507 e. The topological polar surface area (TPSA) is 85.2 Å². The molecular weight excluding hydrogens is 420 g/mol. The number of ether oxygens (including phenoxy) is 3. The van der Waals surface area contributed by atoms with Crippen molar-refractivity contribution < 1.29 is 29.2 Å². The SMILES string of the molecule is CCCc1c(OCCCCCc2ccc3cc(OC)c(OC)cc3c2)ccc(C(=O)O)c1O. The quantitative estimate of drug-likeness (QED) is 0.328. The number of hydrogen-bond donors (Lipinski definition) is 2. The highest BCUT2D eigenvalue weighted by Crippen LogP contribution is 2.34. The average molecular weight is 453 g/mol. The van der Waals surface area contributed by atoms with Crippen LogP contribution in [0.4, 0.5) is 0 Å². The molecule has 6 nitrogen and oxygen atoms in total. The van der Waals surface area contributed by atoms with E-state index in [4.69, 9.17) is 14.2 Å². The molecule has 0 unspecified atom stereocenters. The number of rotatable bonds is 12. The Morgan fingerprint density at radius 2 is 1.58 bits per heavy atom. The Bertz CT molecular complexity index is 1110. The van der Waals surface area contributed by atoms with Crippen LogP contribution in [0.2, 0.25) is 0 Å². The van der Waals surface area contributed by atoms with E-state index in [9.17, 15) is 15.0 Å². The molecule has 33 heavy (non-hydrogen) atoms. The number of methoxy groups -OCH3 is 2. The molecule has 0 aliphatic heterocycles. The Balaban J connectivity index is 1.52. The van der Waals surface area contributed by atoms with Gasteiger partial charge in [-0.2, -0.15) is 0 Å². The molecule has 3 aromatic rings. The summed E-state index contributed by atoms with van der Waals surface area (Å²) in [5, 5.41) is 21.8. The molecule has 0 aromatic heterocycles. The lowest BCUT2D eigenvalue weighted by atomic mass is 10.0. The fraction of sp³-hybridized carbons (Fsp3) is 0.370. The zero-order chi connectivity index (χ0) is 23.8. The first-order valence-electron chi connectivity index (χ1n) is 11.3. The number of hydrogen-bond acceptors (Lipinski definition) is 5. The first-order chi connectivity index (χ1) is 16.0. The summed E-state index contributed by atoms with van der Waals surface area (Å²) in [5.74, 6) is 0.697. The first kappa shape index (κ1) is 24.2. The predicted molar refractivity (Wildman–Crippen MR) is 129 cm³/mol. The second-order valence-electron chi connectivity index (χ2n) is 8.04. The summed E-state index contributed by atoms with van der Waals surface area (Å²) in [6, 6.07) is 13.5. The van der Waals surface area contributed by atoms with Crippen LogP contribution in [0.25, 0.3) is 10.8 Å². The minimum atomic E-state index is -1.14. The third kappa shape index (κ3) is 5.89. The number of benzene rings is 3. The molecule has 2 N–H and O–H groups in total. The van der Waals surface area contributed by atoms with Gasteiger partial charge in [-0.3, -0.25) is 0 Å². The highest BCUT2D eigenvalue weighted by Gasteiger charge is 2.17. The minimum absolute atomic E-state index is 0.0859. The number of aromatic carboxylic acids is 1. The summed E-state index contributed by atoms with van der Waals surface area (Å²) in [6.45, 7) is 2.51. The standard InChI is InChI=1S/C27H32O6/c1-4-8-21-23(13-12-22(26(21)28)27(29)30)33-14-7-5-6-9-18-10-11-19-16-24(31-2)25(32-3)17-20(19)15-18/h10-13,15-17,28H,4-9,14H2,1-3H3,(H,29,30). The van der Waals surface area contributed by atoms with Gasteiger partial charge in [0.05, 0.1) is 20.8 Å². The largest absolute Gasteiger partial charge is 0.507 e. The zero-order valence-corrected chi connectivity index (χ0v) is 19.5. The second kappa shape index (κ2) is 11.5. The van der Waals surface area contributed by atoms with E-state index in [1.54, 1.807) is 20.3 Å². The summed E-state index contributed by atoms with van der Waals surface area (Å²) in [6.07, 6.45) is 5.25. The second-order valence-corrected chi connectivity index (χ2v) is 8.04. The van der Waals surface area contributed by atoms with Gasteiger partial charge < -0.3 is 24.4 Å². The van der Waals surface area contributed by atoms with E-state index in [0.717, 1.165) is 54.4 Å². The summed E-state index contributed by atoms with van der Waals surface area (Å²) < 4.78 is 16.7. The Hall–Kier alpha value is -3.41. The fourth-order valence-electron chi connectivity index (χ4n) is 3.99. The number of aryl methyl sites for hydroxylation is 1. The van der Waals surface area contributed by atoms with Gasteiger partial charge in [-0.05, 0) is 72.7 Å². The summed E-state index contributed by atoms with van der Waals surface area (Å²) in [5.41, 5.74) is 1.76. The number of phenols is 1.